The van der Waals surface area contributed by atoms with Crippen LogP contribution in [-0.4, -0.2) is 41.1 Å². The third-order valence-electron chi connectivity index (χ3n) is 4.48. The molecule has 0 atom stereocenters. The Labute approximate surface area is 162 Å². The van der Waals surface area contributed by atoms with Crippen molar-refractivity contribution in [2.24, 2.45) is 0 Å². The predicted molar refractivity (Wildman–Crippen MR) is 105 cm³/mol. The van der Waals surface area contributed by atoms with Crippen LogP contribution in [0.3, 0.4) is 0 Å². The van der Waals surface area contributed by atoms with Crippen molar-refractivity contribution < 1.29 is 9.13 Å². The molecule has 2 heterocycles. The fourth-order valence-corrected chi connectivity index (χ4v) is 4.01. The number of hydrogen-bond acceptors (Lipinski definition) is 5. The van der Waals surface area contributed by atoms with Gasteiger partial charge in [0.25, 0.3) is 0 Å². The molecular weight excluding hydrogens is 363 g/mol. The first-order valence-corrected chi connectivity index (χ1v) is 9.92. The third-order valence-corrected chi connectivity index (χ3v) is 5.46. The van der Waals surface area contributed by atoms with E-state index in [-0.39, 0.29) is 5.82 Å². The number of ether oxygens (including phenoxy) is 1. The molecule has 0 N–H and O–H groups in total. The highest BCUT2D eigenvalue weighted by atomic mass is 32.2. The van der Waals surface area contributed by atoms with Crippen molar-refractivity contribution in [1.82, 2.24) is 14.8 Å². The number of benzene rings is 2. The average Bonchev–Trinajstić information content (AvgIpc) is 3.12. The Morgan fingerprint density at radius 1 is 1.07 bits per heavy atom. The zero-order chi connectivity index (χ0) is 18.6. The molecule has 1 fully saturated rings. The molecule has 0 spiro atoms. The molecule has 1 aliphatic rings. The molecule has 0 aliphatic carbocycles. The maximum absolute atomic E-state index is 14.0. The van der Waals surface area contributed by atoms with E-state index >= 15 is 0 Å². The molecule has 1 aliphatic heterocycles. The first kappa shape index (κ1) is 18.0. The summed E-state index contributed by atoms with van der Waals surface area (Å²) in [4.78, 5) is 2.19. The van der Waals surface area contributed by atoms with Gasteiger partial charge in [-0.3, -0.25) is 4.57 Å². The number of aromatic nitrogens is 3. The molecule has 0 amide bonds. The van der Waals surface area contributed by atoms with Gasteiger partial charge in [-0.05, 0) is 36.2 Å². The van der Waals surface area contributed by atoms with Crippen LogP contribution in [-0.2, 0) is 10.5 Å². The Kier molecular flexibility index (Phi) is 5.40. The van der Waals surface area contributed by atoms with Gasteiger partial charge < -0.3 is 9.64 Å². The number of hydrogen-bond donors (Lipinski definition) is 0. The summed E-state index contributed by atoms with van der Waals surface area (Å²) < 4.78 is 21.5. The normalized spacial score (nSPS) is 14.5. The van der Waals surface area contributed by atoms with Crippen molar-refractivity contribution >= 4 is 17.7 Å². The number of anilines is 1. The summed E-state index contributed by atoms with van der Waals surface area (Å²) >= 11 is 1.49. The number of rotatable bonds is 5. The van der Waals surface area contributed by atoms with Gasteiger partial charge in [-0.25, -0.2) is 4.39 Å². The van der Waals surface area contributed by atoms with Gasteiger partial charge in [-0.2, -0.15) is 0 Å². The smallest absolute Gasteiger partial charge is 0.232 e. The average molecular weight is 384 g/mol. The number of morpholine rings is 1. The summed E-state index contributed by atoms with van der Waals surface area (Å²) in [5.41, 5.74) is 2.84. The predicted octanol–water partition coefficient (Wildman–Crippen LogP) is 3.84. The van der Waals surface area contributed by atoms with Crippen LogP contribution in [0.25, 0.3) is 5.69 Å². The van der Waals surface area contributed by atoms with Gasteiger partial charge in [-0.1, -0.05) is 42.1 Å². The van der Waals surface area contributed by atoms with Crippen molar-refractivity contribution in [3.8, 4) is 5.69 Å². The molecule has 140 valence electrons. The lowest BCUT2D eigenvalue weighted by atomic mass is 10.2. The van der Waals surface area contributed by atoms with E-state index in [9.17, 15) is 4.39 Å². The van der Waals surface area contributed by atoms with Crippen molar-refractivity contribution in [2.45, 2.75) is 17.8 Å². The van der Waals surface area contributed by atoms with Gasteiger partial charge in [0.2, 0.25) is 5.95 Å². The molecule has 0 saturated carbocycles. The fourth-order valence-electron chi connectivity index (χ4n) is 3.07. The van der Waals surface area contributed by atoms with Gasteiger partial charge in [-0.15, -0.1) is 10.2 Å². The molecule has 2 aromatic carbocycles. The Bertz CT molecular complexity index is 924. The molecule has 1 aromatic heterocycles. The maximum Gasteiger partial charge on any atom is 0.232 e. The largest absolute Gasteiger partial charge is 0.378 e. The molecule has 7 heteroatoms. The molecule has 0 bridgehead atoms. The van der Waals surface area contributed by atoms with E-state index in [0.717, 1.165) is 29.9 Å². The van der Waals surface area contributed by atoms with Gasteiger partial charge in [0, 0.05) is 18.8 Å². The van der Waals surface area contributed by atoms with E-state index in [0.29, 0.717) is 24.5 Å². The van der Waals surface area contributed by atoms with E-state index in [1.807, 2.05) is 18.2 Å². The van der Waals surface area contributed by atoms with Crippen molar-refractivity contribution in [3.05, 3.63) is 65.5 Å². The second-order valence-electron chi connectivity index (χ2n) is 6.44. The van der Waals surface area contributed by atoms with Crippen LogP contribution in [0.5, 0.6) is 0 Å². The van der Waals surface area contributed by atoms with Crippen LogP contribution in [0.15, 0.2) is 53.7 Å². The minimum Gasteiger partial charge on any atom is -0.378 e. The quantitative estimate of drug-likeness (QED) is 0.625. The van der Waals surface area contributed by atoms with Gasteiger partial charge in [0.15, 0.2) is 5.16 Å². The number of halogens is 1. The summed E-state index contributed by atoms with van der Waals surface area (Å²) in [5, 5.41) is 9.62. The molecule has 0 unspecified atom stereocenters. The minimum atomic E-state index is -0.194. The fraction of sp³-hybridized carbons (Fsp3) is 0.300. The van der Waals surface area contributed by atoms with Crippen LogP contribution in [0.1, 0.15) is 11.1 Å². The van der Waals surface area contributed by atoms with Crippen LogP contribution in [0.2, 0.25) is 0 Å². The van der Waals surface area contributed by atoms with Crippen molar-refractivity contribution in [2.75, 3.05) is 31.2 Å². The summed E-state index contributed by atoms with van der Waals surface area (Å²) in [6, 6.07) is 15.1. The second-order valence-corrected chi connectivity index (χ2v) is 7.38. The molecule has 1 saturated heterocycles. The zero-order valence-corrected chi connectivity index (χ0v) is 16.0. The molecule has 5 nitrogen and oxygen atoms in total. The summed E-state index contributed by atoms with van der Waals surface area (Å²) in [6.07, 6.45) is 0. The number of thioether (sulfide) groups is 1. The first-order valence-electron chi connectivity index (χ1n) is 8.94. The molecule has 27 heavy (non-hydrogen) atoms. The summed E-state index contributed by atoms with van der Waals surface area (Å²) in [5.74, 6) is 1.11. The van der Waals surface area contributed by atoms with Crippen LogP contribution >= 0.6 is 11.8 Å². The van der Waals surface area contributed by atoms with Crippen LogP contribution < -0.4 is 4.90 Å². The summed E-state index contributed by atoms with van der Waals surface area (Å²) in [6.45, 7) is 4.98. The number of nitrogens with zero attached hydrogens (tertiary/aromatic N) is 4. The van der Waals surface area contributed by atoms with E-state index in [4.69, 9.17) is 4.74 Å². The lowest BCUT2D eigenvalue weighted by Crippen LogP contribution is -2.37. The first-order chi connectivity index (χ1) is 13.2. The van der Waals surface area contributed by atoms with E-state index < -0.39 is 0 Å². The Morgan fingerprint density at radius 2 is 1.89 bits per heavy atom. The Balaban J connectivity index is 1.68. The second kappa shape index (κ2) is 8.10. The lowest BCUT2D eigenvalue weighted by molar-refractivity contribution is 0.122. The van der Waals surface area contributed by atoms with Crippen molar-refractivity contribution in [3.63, 3.8) is 0 Å². The zero-order valence-electron chi connectivity index (χ0n) is 15.1. The standard InChI is InChI=1S/C20H21FN4OS/c1-15-5-4-7-17(13-15)25-19(24-9-11-26-12-10-24)22-23-20(25)27-14-16-6-2-3-8-18(16)21/h2-8,13H,9-12,14H2,1H3. The molecule has 4 rings (SSSR count). The topological polar surface area (TPSA) is 43.2 Å². The van der Waals surface area contributed by atoms with Gasteiger partial charge in [0.1, 0.15) is 5.82 Å². The highest BCUT2D eigenvalue weighted by molar-refractivity contribution is 7.98. The number of aryl methyl sites for hydroxylation is 1. The van der Waals surface area contributed by atoms with Crippen molar-refractivity contribution in [1.29, 1.82) is 0 Å². The molecule has 3 aromatic rings. The Hall–Kier alpha value is -2.38. The minimum absolute atomic E-state index is 0.194. The van der Waals surface area contributed by atoms with Crippen LogP contribution in [0, 0.1) is 12.7 Å². The summed E-state index contributed by atoms with van der Waals surface area (Å²) in [7, 11) is 0. The monoisotopic (exact) mass is 384 g/mol. The van der Waals surface area contributed by atoms with Gasteiger partial charge >= 0.3 is 0 Å². The SMILES string of the molecule is Cc1cccc(-n2c(SCc3ccccc3F)nnc2N2CCOCC2)c1. The highest BCUT2D eigenvalue weighted by Gasteiger charge is 2.22. The van der Waals surface area contributed by atoms with Crippen LogP contribution in [0.4, 0.5) is 10.3 Å². The maximum atomic E-state index is 14.0. The van der Waals surface area contributed by atoms with E-state index in [1.165, 1.54) is 23.4 Å². The van der Waals surface area contributed by atoms with Gasteiger partial charge in [0.05, 0.1) is 18.9 Å². The highest BCUT2D eigenvalue weighted by Crippen LogP contribution is 2.30. The lowest BCUT2D eigenvalue weighted by Gasteiger charge is -2.28. The molecular formula is C20H21FN4OS. The molecule has 0 radical (unpaired) electrons. The Morgan fingerprint density at radius 3 is 2.67 bits per heavy atom. The van der Waals surface area contributed by atoms with E-state index in [2.05, 4.69) is 38.7 Å². The van der Waals surface area contributed by atoms with E-state index in [1.54, 1.807) is 12.1 Å². The third kappa shape index (κ3) is 3.99.